The van der Waals surface area contributed by atoms with Gasteiger partial charge in [-0.05, 0) is 30.3 Å². The number of carbonyl (C=O) groups is 1. The molecule has 0 N–H and O–H groups in total. The van der Waals surface area contributed by atoms with Crippen molar-refractivity contribution < 1.29 is 14.3 Å². The first kappa shape index (κ1) is 11.1. The molecule has 0 bridgehead atoms. The van der Waals surface area contributed by atoms with Gasteiger partial charge in [0.15, 0.2) is 17.3 Å². The second-order valence-electron chi connectivity index (χ2n) is 3.88. The maximum Gasteiger partial charge on any atom is 0.231 e. The number of ketones is 1. The molecule has 0 radical (unpaired) electrons. The zero-order chi connectivity index (χ0) is 12.5. The average Bonchev–Trinajstić information content (AvgIpc) is 2.85. The van der Waals surface area contributed by atoms with E-state index in [0.717, 1.165) is 0 Å². The molecule has 1 aliphatic heterocycles. The van der Waals surface area contributed by atoms with Crippen LogP contribution in [0.2, 0.25) is 5.02 Å². The molecule has 0 aromatic heterocycles. The summed E-state index contributed by atoms with van der Waals surface area (Å²) in [5, 5.41) is 0.445. The molecule has 4 heteroatoms. The number of hydrogen-bond donors (Lipinski definition) is 0. The van der Waals surface area contributed by atoms with Crippen molar-refractivity contribution in [2.45, 2.75) is 0 Å². The van der Waals surface area contributed by atoms with Crippen molar-refractivity contribution in [1.29, 1.82) is 0 Å². The molecule has 2 aromatic rings. The number of benzene rings is 2. The molecule has 2 aromatic carbocycles. The lowest BCUT2D eigenvalue weighted by Crippen LogP contribution is -2.01. The van der Waals surface area contributed by atoms with E-state index in [2.05, 4.69) is 0 Å². The van der Waals surface area contributed by atoms with Gasteiger partial charge >= 0.3 is 0 Å². The van der Waals surface area contributed by atoms with Crippen molar-refractivity contribution in [3.05, 3.63) is 58.6 Å². The van der Waals surface area contributed by atoms with E-state index in [1.54, 1.807) is 42.5 Å². The predicted molar refractivity (Wildman–Crippen MR) is 67.4 cm³/mol. The highest BCUT2D eigenvalue weighted by atomic mass is 35.5. The fourth-order valence-electron chi connectivity index (χ4n) is 1.84. The fraction of sp³-hybridized carbons (Fsp3) is 0.0714. The van der Waals surface area contributed by atoms with Crippen LogP contribution in [0, 0.1) is 0 Å². The van der Waals surface area contributed by atoms with Crippen LogP contribution >= 0.6 is 11.6 Å². The largest absolute Gasteiger partial charge is 0.454 e. The third kappa shape index (κ3) is 1.83. The molecule has 0 atom stereocenters. The minimum absolute atomic E-state index is 0.126. The summed E-state index contributed by atoms with van der Waals surface area (Å²) >= 11 is 6.01. The van der Waals surface area contributed by atoms with Crippen LogP contribution in [0.4, 0.5) is 0 Å². The zero-order valence-electron chi connectivity index (χ0n) is 9.35. The molecule has 18 heavy (non-hydrogen) atoms. The van der Waals surface area contributed by atoms with Crippen molar-refractivity contribution in [1.82, 2.24) is 0 Å². The van der Waals surface area contributed by atoms with Crippen molar-refractivity contribution in [3.63, 3.8) is 0 Å². The van der Waals surface area contributed by atoms with Gasteiger partial charge in [0.2, 0.25) is 6.79 Å². The van der Waals surface area contributed by atoms with E-state index >= 15 is 0 Å². The Labute approximate surface area is 109 Å². The molecular formula is C14H9ClO3. The highest BCUT2D eigenvalue weighted by molar-refractivity contribution is 6.35. The zero-order valence-corrected chi connectivity index (χ0v) is 10.1. The Bertz CT molecular complexity index is 622. The van der Waals surface area contributed by atoms with Gasteiger partial charge in [-0.1, -0.05) is 23.7 Å². The highest BCUT2D eigenvalue weighted by Crippen LogP contribution is 2.33. The van der Waals surface area contributed by atoms with E-state index in [4.69, 9.17) is 21.1 Å². The minimum atomic E-state index is -0.126. The van der Waals surface area contributed by atoms with E-state index < -0.39 is 0 Å². The van der Waals surface area contributed by atoms with Crippen molar-refractivity contribution in [2.24, 2.45) is 0 Å². The van der Waals surface area contributed by atoms with Gasteiger partial charge in [-0.25, -0.2) is 0 Å². The molecular weight excluding hydrogens is 252 g/mol. The van der Waals surface area contributed by atoms with E-state index in [-0.39, 0.29) is 12.6 Å². The second kappa shape index (κ2) is 4.35. The molecule has 0 spiro atoms. The Morgan fingerprint density at radius 1 is 1.06 bits per heavy atom. The Morgan fingerprint density at radius 3 is 2.67 bits per heavy atom. The van der Waals surface area contributed by atoms with Crippen LogP contribution in [0.25, 0.3) is 0 Å². The predicted octanol–water partition coefficient (Wildman–Crippen LogP) is 3.30. The van der Waals surface area contributed by atoms with Gasteiger partial charge in [-0.15, -0.1) is 0 Å². The molecule has 0 saturated carbocycles. The van der Waals surface area contributed by atoms with Gasteiger partial charge in [0.05, 0.1) is 5.02 Å². The van der Waals surface area contributed by atoms with E-state index in [0.29, 0.717) is 27.6 Å². The Balaban J connectivity index is 2.01. The third-order valence-electron chi connectivity index (χ3n) is 2.75. The van der Waals surface area contributed by atoms with Gasteiger partial charge in [0, 0.05) is 11.1 Å². The minimum Gasteiger partial charge on any atom is -0.454 e. The summed E-state index contributed by atoms with van der Waals surface area (Å²) in [6, 6.07) is 12.1. The van der Waals surface area contributed by atoms with Gasteiger partial charge in [-0.3, -0.25) is 4.79 Å². The van der Waals surface area contributed by atoms with Gasteiger partial charge in [0.25, 0.3) is 0 Å². The molecule has 0 saturated heterocycles. The molecule has 0 fully saturated rings. The third-order valence-corrected chi connectivity index (χ3v) is 3.08. The number of ether oxygens (including phenoxy) is 2. The topological polar surface area (TPSA) is 35.5 Å². The lowest BCUT2D eigenvalue weighted by atomic mass is 10.0. The second-order valence-corrected chi connectivity index (χ2v) is 4.28. The van der Waals surface area contributed by atoms with Crippen molar-refractivity contribution in [2.75, 3.05) is 6.79 Å². The van der Waals surface area contributed by atoms with E-state index in [1.807, 2.05) is 0 Å². The molecule has 0 amide bonds. The highest BCUT2D eigenvalue weighted by Gasteiger charge is 2.18. The van der Waals surface area contributed by atoms with Gasteiger partial charge < -0.3 is 9.47 Å². The summed E-state index contributed by atoms with van der Waals surface area (Å²) in [6.07, 6.45) is 0. The first-order valence-corrected chi connectivity index (χ1v) is 5.82. The summed E-state index contributed by atoms with van der Waals surface area (Å²) < 4.78 is 10.5. The molecule has 0 unspecified atom stereocenters. The lowest BCUT2D eigenvalue weighted by Gasteiger charge is -2.04. The Hall–Kier alpha value is -2.00. The van der Waals surface area contributed by atoms with Crippen LogP contribution in [0.1, 0.15) is 15.9 Å². The summed E-state index contributed by atoms with van der Waals surface area (Å²) in [4.78, 5) is 12.3. The maximum atomic E-state index is 12.3. The number of carbonyl (C=O) groups excluding carboxylic acids is 1. The van der Waals surface area contributed by atoms with E-state index in [9.17, 15) is 4.79 Å². The normalized spacial score (nSPS) is 12.5. The summed E-state index contributed by atoms with van der Waals surface area (Å²) in [5.41, 5.74) is 1.02. The molecule has 3 nitrogen and oxygen atoms in total. The number of halogens is 1. The van der Waals surface area contributed by atoms with Crippen LogP contribution in [-0.4, -0.2) is 12.6 Å². The summed E-state index contributed by atoms with van der Waals surface area (Å²) in [7, 11) is 0. The van der Waals surface area contributed by atoms with Gasteiger partial charge in [0.1, 0.15) is 0 Å². The van der Waals surface area contributed by atoms with Crippen LogP contribution in [0.3, 0.4) is 0 Å². The summed E-state index contributed by atoms with van der Waals surface area (Å²) in [6.45, 7) is 0.194. The van der Waals surface area contributed by atoms with E-state index in [1.165, 1.54) is 0 Å². The maximum absolute atomic E-state index is 12.3. The van der Waals surface area contributed by atoms with Crippen LogP contribution < -0.4 is 9.47 Å². The van der Waals surface area contributed by atoms with Crippen LogP contribution in [-0.2, 0) is 0 Å². The number of fused-ring (bicyclic) bond motifs is 1. The number of rotatable bonds is 2. The first-order chi connectivity index (χ1) is 8.75. The SMILES string of the molecule is O=C(c1ccc2c(c1)OCO2)c1ccccc1Cl. The number of hydrogen-bond acceptors (Lipinski definition) is 3. The fourth-order valence-corrected chi connectivity index (χ4v) is 2.06. The lowest BCUT2D eigenvalue weighted by molar-refractivity contribution is 0.103. The quantitative estimate of drug-likeness (QED) is 0.777. The Morgan fingerprint density at radius 2 is 1.83 bits per heavy atom. The molecule has 0 aliphatic carbocycles. The molecule has 1 aliphatic rings. The van der Waals surface area contributed by atoms with Crippen LogP contribution in [0.15, 0.2) is 42.5 Å². The van der Waals surface area contributed by atoms with Crippen molar-refractivity contribution >= 4 is 17.4 Å². The molecule has 90 valence electrons. The van der Waals surface area contributed by atoms with Crippen molar-refractivity contribution in [3.8, 4) is 11.5 Å². The first-order valence-electron chi connectivity index (χ1n) is 5.44. The standard InChI is InChI=1S/C14H9ClO3/c15-11-4-2-1-3-10(11)14(16)9-5-6-12-13(7-9)18-8-17-12/h1-7H,8H2. The average molecular weight is 261 g/mol. The summed E-state index contributed by atoms with van der Waals surface area (Å²) in [5.74, 6) is 1.12. The Kier molecular flexibility index (Phi) is 2.68. The molecule has 3 rings (SSSR count). The molecule has 1 heterocycles. The monoisotopic (exact) mass is 260 g/mol. The smallest absolute Gasteiger partial charge is 0.231 e. The van der Waals surface area contributed by atoms with Crippen LogP contribution in [0.5, 0.6) is 11.5 Å². The van der Waals surface area contributed by atoms with Gasteiger partial charge in [-0.2, -0.15) is 0 Å².